The first-order valence-electron chi connectivity index (χ1n) is 5.16. The standard InChI is InChI=1S/C10H23NOS/c1-4-6-11-9(2)8-13-10(3)5-7-12/h9-12H,4-8H2,1-3H3. The maximum Gasteiger partial charge on any atom is 0.0441 e. The van der Waals surface area contributed by atoms with Gasteiger partial charge in [0.15, 0.2) is 0 Å². The summed E-state index contributed by atoms with van der Waals surface area (Å²) in [7, 11) is 0. The van der Waals surface area contributed by atoms with Gasteiger partial charge >= 0.3 is 0 Å². The predicted molar refractivity (Wildman–Crippen MR) is 61.4 cm³/mol. The molecular weight excluding hydrogens is 182 g/mol. The molecular formula is C10H23NOS. The smallest absolute Gasteiger partial charge is 0.0441 e. The first-order valence-corrected chi connectivity index (χ1v) is 6.21. The van der Waals surface area contributed by atoms with Crippen molar-refractivity contribution in [1.82, 2.24) is 5.32 Å². The fraction of sp³-hybridized carbons (Fsp3) is 1.00. The minimum Gasteiger partial charge on any atom is -0.396 e. The van der Waals surface area contributed by atoms with E-state index in [1.54, 1.807) is 0 Å². The number of aliphatic hydroxyl groups excluding tert-OH is 1. The van der Waals surface area contributed by atoms with Crippen LogP contribution in [0.2, 0.25) is 0 Å². The average Bonchev–Trinajstić information content (AvgIpc) is 2.12. The average molecular weight is 205 g/mol. The molecule has 0 heterocycles. The molecule has 0 radical (unpaired) electrons. The molecule has 2 nitrogen and oxygen atoms in total. The van der Waals surface area contributed by atoms with E-state index in [1.165, 1.54) is 6.42 Å². The normalized spacial score (nSPS) is 15.7. The van der Waals surface area contributed by atoms with Crippen LogP contribution in [-0.4, -0.2) is 35.3 Å². The Labute approximate surface area is 86.5 Å². The van der Waals surface area contributed by atoms with E-state index < -0.39 is 0 Å². The Bertz CT molecular complexity index is 111. The third-order valence-corrected chi connectivity index (χ3v) is 3.41. The van der Waals surface area contributed by atoms with Crippen molar-refractivity contribution < 1.29 is 5.11 Å². The number of hydrogen-bond acceptors (Lipinski definition) is 3. The number of hydrogen-bond donors (Lipinski definition) is 2. The fourth-order valence-electron chi connectivity index (χ4n) is 1.02. The molecule has 0 aromatic carbocycles. The lowest BCUT2D eigenvalue weighted by atomic mass is 10.3. The molecule has 0 aromatic rings. The van der Waals surface area contributed by atoms with Crippen LogP contribution in [0.1, 0.15) is 33.6 Å². The maximum atomic E-state index is 8.71. The summed E-state index contributed by atoms with van der Waals surface area (Å²) < 4.78 is 0. The van der Waals surface area contributed by atoms with Gasteiger partial charge in [-0.3, -0.25) is 0 Å². The van der Waals surface area contributed by atoms with Crippen LogP contribution in [-0.2, 0) is 0 Å². The van der Waals surface area contributed by atoms with Crippen molar-refractivity contribution in [2.75, 3.05) is 18.9 Å². The largest absolute Gasteiger partial charge is 0.396 e. The van der Waals surface area contributed by atoms with Crippen LogP contribution in [0.4, 0.5) is 0 Å². The number of aliphatic hydroxyl groups is 1. The van der Waals surface area contributed by atoms with Gasteiger partial charge in [-0.05, 0) is 26.3 Å². The van der Waals surface area contributed by atoms with Crippen molar-refractivity contribution in [2.45, 2.75) is 44.9 Å². The highest BCUT2D eigenvalue weighted by molar-refractivity contribution is 7.99. The van der Waals surface area contributed by atoms with Gasteiger partial charge in [0.2, 0.25) is 0 Å². The van der Waals surface area contributed by atoms with Gasteiger partial charge < -0.3 is 10.4 Å². The summed E-state index contributed by atoms with van der Waals surface area (Å²) >= 11 is 1.94. The molecule has 0 saturated heterocycles. The summed E-state index contributed by atoms with van der Waals surface area (Å²) in [5.74, 6) is 1.14. The highest BCUT2D eigenvalue weighted by Crippen LogP contribution is 2.14. The first kappa shape index (κ1) is 13.3. The molecule has 0 aliphatic carbocycles. The van der Waals surface area contributed by atoms with Crippen LogP contribution in [0.5, 0.6) is 0 Å². The SMILES string of the molecule is CCCNC(C)CSC(C)CCO. The lowest BCUT2D eigenvalue weighted by Crippen LogP contribution is -2.29. The predicted octanol–water partition coefficient (Wildman–Crippen LogP) is 1.88. The van der Waals surface area contributed by atoms with Crippen molar-refractivity contribution >= 4 is 11.8 Å². The summed E-state index contributed by atoms with van der Waals surface area (Å²) in [6.07, 6.45) is 2.10. The summed E-state index contributed by atoms with van der Waals surface area (Å²) in [6, 6.07) is 0.589. The van der Waals surface area contributed by atoms with Crippen molar-refractivity contribution in [3.8, 4) is 0 Å². The molecule has 2 N–H and O–H groups in total. The Hall–Kier alpha value is 0.270. The fourth-order valence-corrected chi connectivity index (χ4v) is 2.03. The minimum absolute atomic E-state index is 0.310. The van der Waals surface area contributed by atoms with Crippen LogP contribution in [0.3, 0.4) is 0 Å². The molecule has 2 unspecified atom stereocenters. The van der Waals surface area contributed by atoms with Gasteiger partial charge in [-0.15, -0.1) is 0 Å². The van der Waals surface area contributed by atoms with Gasteiger partial charge in [-0.1, -0.05) is 13.8 Å². The molecule has 0 bridgehead atoms. The Balaban J connectivity index is 3.29. The van der Waals surface area contributed by atoms with Gasteiger partial charge in [-0.2, -0.15) is 11.8 Å². The molecule has 0 aliphatic rings. The van der Waals surface area contributed by atoms with E-state index in [1.807, 2.05) is 11.8 Å². The van der Waals surface area contributed by atoms with Crippen LogP contribution in [0, 0.1) is 0 Å². The minimum atomic E-state index is 0.310. The van der Waals surface area contributed by atoms with Crippen LogP contribution in [0.25, 0.3) is 0 Å². The van der Waals surface area contributed by atoms with Gasteiger partial charge in [-0.25, -0.2) is 0 Å². The molecule has 13 heavy (non-hydrogen) atoms. The molecule has 0 fully saturated rings. The van der Waals surface area contributed by atoms with E-state index in [0.717, 1.165) is 18.7 Å². The molecule has 0 rings (SSSR count). The van der Waals surface area contributed by atoms with Gasteiger partial charge in [0.05, 0.1) is 0 Å². The highest BCUT2D eigenvalue weighted by atomic mass is 32.2. The van der Waals surface area contributed by atoms with Crippen molar-refractivity contribution in [3.05, 3.63) is 0 Å². The maximum absolute atomic E-state index is 8.71. The quantitative estimate of drug-likeness (QED) is 0.634. The van der Waals surface area contributed by atoms with Crippen molar-refractivity contribution in [2.24, 2.45) is 0 Å². The summed E-state index contributed by atoms with van der Waals surface area (Å²) in [6.45, 7) is 7.99. The van der Waals surface area contributed by atoms with Gasteiger partial charge in [0.25, 0.3) is 0 Å². The monoisotopic (exact) mass is 205 g/mol. The number of nitrogens with one attached hydrogen (secondary N) is 1. The second-order valence-corrected chi connectivity index (χ2v) is 4.98. The first-order chi connectivity index (χ1) is 6.20. The summed E-state index contributed by atoms with van der Waals surface area (Å²) in [4.78, 5) is 0. The zero-order valence-corrected chi connectivity index (χ0v) is 9.86. The molecule has 0 aliphatic heterocycles. The molecule has 0 aromatic heterocycles. The number of rotatable bonds is 8. The van der Waals surface area contributed by atoms with Gasteiger partial charge in [0, 0.05) is 23.7 Å². The second kappa shape index (κ2) is 8.85. The lowest BCUT2D eigenvalue weighted by molar-refractivity contribution is 0.289. The third-order valence-electron chi connectivity index (χ3n) is 1.91. The van der Waals surface area contributed by atoms with Crippen molar-refractivity contribution in [1.29, 1.82) is 0 Å². The Kier molecular flexibility index (Phi) is 9.03. The zero-order chi connectivity index (χ0) is 10.1. The second-order valence-electron chi connectivity index (χ2n) is 3.51. The topological polar surface area (TPSA) is 32.3 Å². The zero-order valence-electron chi connectivity index (χ0n) is 9.05. The van der Waals surface area contributed by atoms with Gasteiger partial charge in [0.1, 0.15) is 0 Å². The lowest BCUT2D eigenvalue weighted by Gasteiger charge is -2.15. The molecule has 80 valence electrons. The Morgan fingerprint density at radius 3 is 2.62 bits per heavy atom. The van der Waals surface area contributed by atoms with E-state index in [9.17, 15) is 0 Å². The molecule has 0 amide bonds. The molecule has 2 atom stereocenters. The summed E-state index contributed by atoms with van der Waals surface area (Å²) in [5.41, 5.74) is 0. The summed E-state index contributed by atoms with van der Waals surface area (Å²) in [5, 5.41) is 12.7. The van der Waals surface area contributed by atoms with E-state index in [0.29, 0.717) is 17.9 Å². The van der Waals surface area contributed by atoms with E-state index in [-0.39, 0.29) is 0 Å². The molecule has 0 spiro atoms. The third kappa shape index (κ3) is 8.60. The highest BCUT2D eigenvalue weighted by Gasteiger charge is 2.05. The van der Waals surface area contributed by atoms with E-state index in [2.05, 4.69) is 26.1 Å². The van der Waals surface area contributed by atoms with Crippen molar-refractivity contribution in [3.63, 3.8) is 0 Å². The van der Waals surface area contributed by atoms with E-state index in [4.69, 9.17) is 5.11 Å². The Morgan fingerprint density at radius 1 is 1.38 bits per heavy atom. The molecule has 3 heteroatoms. The van der Waals surface area contributed by atoms with Crippen LogP contribution < -0.4 is 5.32 Å². The van der Waals surface area contributed by atoms with Crippen LogP contribution >= 0.6 is 11.8 Å². The van der Waals surface area contributed by atoms with E-state index >= 15 is 0 Å². The Morgan fingerprint density at radius 2 is 2.08 bits per heavy atom. The molecule has 0 saturated carbocycles. The van der Waals surface area contributed by atoms with Crippen LogP contribution in [0.15, 0.2) is 0 Å². The number of thioether (sulfide) groups is 1.